The fourth-order valence-electron chi connectivity index (χ4n) is 6.83. The molecule has 0 atom stereocenters. The first-order valence-corrected chi connectivity index (χ1v) is 14.5. The third-order valence-corrected chi connectivity index (χ3v) is 8.82. The smallest absolute Gasteiger partial charge is 0.0794 e. The maximum atomic E-state index is 5.35. The number of fused-ring (bicyclic) bond motifs is 9. The maximum absolute atomic E-state index is 5.35. The lowest BCUT2D eigenvalue weighted by Gasteiger charge is -2.16. The Hall–Kier alpha value is -5.53. The standard InChI is InChI=1S/C41H25N/c1-5-13-32-26(9-1)21-23-36-39(37-24-22-27-10-2-6-14-33(27)41(37)42-40(32)36)29-19-17-28(18-20-29)38-25-30-11-3-4-12-31(30)34-15-7-8-16-35(34)38/h1-25H. The van der Waals surface area contributed by atoms with Crippen LogP contribution in [0.2, 0.25) is 0 Å². The van der Waals surface area contributed by atoms with Crippen LogP contribution in [0, 0.1) is 0 Å². The summed E-state index contributed by atoms with van der Waals surface area (Å²) in [6.45, 7) is 0. The number of rotatable bonds is 2. The third-order valence-electron chi connectivity index (χ3n) is 8.82. The summed E-state index contributed by atoms with van der Waals surface area (Å²) < 4.78 is 0. The van der Waals surface area contributed by atoms with Crippen LogP contribution in [0.5, 0.6) is 0 Å². The molecule has 0 bridgehead atoms. The van der Waals surface area contributed by atoms with Gasteiger partial charge in [0.15, 0.2) is 0 Å². The molecule has 0 saturated heterocycles. The van der Waals surface area contributed by atoms with Crippen molar-refractivity contribution in [3.63, 3.8) is 0 Å². The number of hydrogen-bond donors (Lipinski definition) is 0. The molecule has 0 saturated carbocycles. The molecule has 0 amide bonds. The lowest BCUT2D eigenvalue weighted by Crippen LogP contribution is -1.92. The topological polar surface area (TPSA) is 12.9 Å². The molecule has 1 heteroatoms. The summed E-state index contributed by atoms with van der Waals surface area (Å²) >= 11 is 0. The number of nitrogens with zero attached hydrogens (tertiary/aromatic N) is 1. The number of benzene rings is 8. The van der Waals surface area contributed by atoms with E-state index in [1.807, 2.05) is 0 Å². The van der Waals surface area contributed by atoms with E-state index in [1.54, 1.807) is 0 Å². The van der Waals surface area contributed by atoms with Crippen molar-refractivity contribution in [1.29, 1.82) is 0 Å². The van der Waals surface area contributed by atoms with E-state index in [4.69, 9.17) is 4.98 Å². The van der Waals surface area contributed by atoms with Crippen LogP contribution in [0.15, 0.2) is 152 Å². The molecule has 0 spiro atoms. The second-order valence-electron chi connectivity index (χ2n) is 11.1. The largest absolute Gasteiger partial charge is 0.246 e. The SMILES string of the molecule is c1ccc2c(c1)cc(-c1ccc(-c3c4ccc5ccccc5c4nc4c3ccc3ccccc34)cc1)c1ccccc12. The van der Waals surface area contributed by atoms with Crippen molar-refractivity contribution < 1.29 is 0 Å². The highest BCUT2D eigenvalue weighted by Gasteiger charge is 2.16. The first-order chi connectivity index (χ1) is 20.8. The van der Waals surface area contributed by atoms with Gasteiger partial charge in [-0.1, -0.05) is 146 Å². The molecule has 8 aromatic carbocycles. The monoisotopic (exact) mass is 531 g/mol. The van der Waals surface area contributed by atoms with Crippen molar-refractivity contribution in [1.82, 2.24) is 4.98 Å². The Bertz CT molecular complexity index is 2410. The molecule has 0 fully saturated rings. The molecular weight excluding hydrogens is 506 g/mol. The van der Waals surface area contributed by atoms with Gasteiger partial charge < -0.3 is 0 Å². The van der Waals surface area contributed by atoms with Gasteiger partial charge in [0.05, 0.1) is 11.0 Å². The summed E-state index contributed by atoms with van der Waals surface area (Å²) in [7, 11) is 0. The van der Waals surface area contributed by atoms with Gasteiger partial charge in [0.25, 0.3) is 0 Å². The second-order valence-corrected chi connectivity index (χ2v) is 11.1. The van der Waals surface area contributed by atoms with E-state index in [2.05, 4.69) is 152 Å². The number of pyridine rings is 1. The van der Waals surface area contributed by atoms with Crippen LogP contribution in [0.25, 0.3) is 87.1 Å². The van der Waals surface area contributed by atoms with Crippen molar-refractivity contribution in [3.8, 4) is 22.3 Å². The third kappa shape index (κ3) is 3.41. The Kier molecular flexibility index (Phi) is 4.97. The van der Waals surface area contributed by atoms with Crippen molar-refractivity contribution in [3.05, 3.63) is 152 Å². The van der Waals surface area contributed by atoms with E-state index in [0.29, 0.717) is 0 Å². The molecule has 1 heterocycles. The highest BCUT2D eigenvalue weighted by Crippen LogP contribution is 2.41. The van der Waals surface area contributed by atoms with E-state index < -0.39 is 0 Å². The molecule has 0 unspecified atom stereocenters. The summed E-state index contributed by atoms with van der Waals surface area (Å²) in [6.07, 6.45) is 0. The van der Waals surface area contributed by atoms with Gasteiger partial charge in [-0.15, -0.1) is 0 Å². The average Bonchev–Trinajstić information content (AvgIpc) is 3.07. The van der Waals surface area contributed by atoms with Crippen molar-refractivity contribution in [2.45, 2.75) is 0 Å². The van der Waals surface area contributed by atoms with E-state index in [-0.39, 0.29) is 0 Å². The van der Waals surface area contributed by atoms with E-state index in [9.17, 15) is 0 Å². The van der Waals surface area contributed by atoms with Gasteiger partial charge in [0.2, 0.25) is 0 Å². The number of hydrogen-bond acceptors (Lipinski definition) is 1. The van der Waals surface area contributed by atoms with Crippen molar-refractivity contribution >= 4 is 64.9 Å². The predicted octanol–water partition coefficient (Wildman–Crippen LogP) is 11.3. The highest BCUT2D eigenvalue weighted by molar-refractivity contribution is 6.21. The van der Waals surface area contributed by atoms with Gasteiger partial charge in [-0.25, -0.2) is 4.98 Å². The van der Waals surface area contributed by atoms with Crippen molar-refractivity contribution in [2.24, 2.45) is 0 Å². The summed E-state index contributed by atoms with van der Waals surface area (Å²) in [4.78, 5) is 5.35. The quantitative estimate of drug-likeness (QED) is 0.160. The lowest BCUT2D eigenvalue weighted by molar-refractivity contribution is 1.53. The predicted molar refractivity (Wildman–Crippen MR) is 180 cm³/mol. The van der Waals surface area contributed by atoms with Crippen molar-refractivity contribution in [2.75, 3.05) is 0 Å². The first-order valence-electron chi connectivity index (χ1n) is 14.5. The minimum absolute atomic E-state index is 1.05. The molecule has 0 N–H and O–H groups in total. The molecule has 9 rings (SSSR count). The van der Waals surface area contributed by atoms with E-state index >= 15 is 0 Å². The Morgan fingerprint density at radius 1 is 0.310 bits per heavy atom. The Labute approximate surface area is 243 Å². The van der Waals surface area contributed by atoms with Gasteiger partial charge >= 0.3 is 0 Å². The second kappa shape index (κ2) is 8.99. The van der Waals surface area contributed by atoms with Crippen LogP contribution in [0.1, 0.15) is 0 Å². The van der Waals surface area contributed by atoms with Gasteiger partial charge in [0, 0.05) is 27.1 Å². The Morgan fingerprint density at radius 3 is 1.40 bits per heavy atom. The van der Waals surface area contributed by atoms with Crippen LogP contribution in [-0.4, -0.2) is 4.98 Å². The van der Waals surface area contributed by atoms with Crippen LogP contribution < -0.4 is 0 Å². The van der Waals surface area contributed by atoms with Gasteiger partial charge in [-0.05, 0) is 55.1 Å². The summed E-state index contributed by atoms with van der Waals surface area (Å²) in [5, 5.41) is 12.3. The fourth-order valence-corrected chi connectivity index (χ4v) is 6.83. The van der Waals surface area contributed by atoms with Crippen LogP contribution in [0.4, 0.5) is 0 Å². The minimum atomic E-state index is 1.05. The fraction of sp³-hybridized carbons (Fsp3) is 0. The molecule has 0 aliphatic heterocycles. The Morgan fingerprint density at radius 2 is 0.786 bits per heavy atom. The lowest BCUT2D eigenvalue weighted by atomic mass is 9.90. The minimum Gasteiger partial charge on any atom is -0.246 e. The van der Waals surface area contributed by atoms with E-state index in [0.717, 1.165) is 11.0 Å². The molecule has 1 nitrogen and oxygen atoms in total. The first kappa shape index (κ1) is 23.2. The molecule has 0 aliphatic rings. The zero-order valence-electron chi connectivity index (χ0n) is 22.9. The summed E-state index contributed by atoms with van der Waals surface area (Å²) in [6, 6.07) is 55.0. The molecule has 194 valence electrons. The molecule has 0 radical (unpaired) electrons. The zero-order chi connectivity index (χ0) is 27.6. The number of aromatic nitrogens is 1. The Balaban J connectivity index is 1.32. The van der Waals surface area contributed by atoms with Crippen LogP contribution >= 0.6 is 0 Å². The molecule has 0 aliphatic carbocycles. The highest BCUT2D eigenvalue weighted by atomic mass is 14.7. The van der Waals surface area contributed by atoms with E-state index in [1.165, 1.54) is 76.1 Å². The summed E-state index contributed by atoms with van der Waals surface area (Å²) in [5.41, 5.74) is 7.03. The molecule has 42 heavy (non-hydrogen) atoms. The summed E-state index contributed by atoms with van der Waals surface area (Å²) in [5.74, 6) is 0. The molecular formula is C41H25N. The molecule has 9 aromatic rings. The maximum Gasteiger partial charge on any atom is 0.0794 e. The van der Waals surface area contributed by atoms with Gasteiger partial charge in [0.1, 0.15) is 0 Å². The normalized spacial score (nSPS) is 11.8. The van der Waals surface area contributed by atoms with Gasteiger partial charge in [-0.3, -0.25) is 0 Å². The van der Waals surface area contributed by atoms with Crippen LogP contribution in [0.3, 0.4) is 0 Å². The molecule has 1 aromatic heterocycles. The average molecular weight is 532 g/mol. The zero-order valence-corrected chi connectivity index (χ0v) is 22.9. The van der Waals surface area contributed by atoms with Gasteiger partial charge in [-0.2, -0.15) is 0 Å². The van der Waals surface area contributed by atoms with Crippen LogP contribution in [-0.2, 0) is 0 Å².